The predicted molar refractivity (Wildman–Crippen MR) is 149 cm³/mol. The second-order valence-electron chi connectivity index (χ2n) is 9.43. The Morgan fingerprint density at radius 1 is 0.860 bits per heavy atom. The molecule has 0 amide bonds. The number of sulfonamides is 1. The molecule has 43 heavy (non-hydrogen) atoms. The van der Waals surface area contributed by atoms with Crippen LogP contribution in [-0.4, -0.2) is 25.5 Å². The summed E-state index contributed by atoms with van der Waals surface area (Å²) >= 11 is 0. The molecular formula is C30H21F6N3O3S. The molecule has 5 rings (SSSR count). The molecule has 6 nitrogen and oxygen atoms in total. The summed E-state index contributed by atoms with van der Waals surface area (Å²) in [5.74, 6) is 0.401. The van der Waals surface area contributed by atoms with Crippen LogP contribution in [-0.2, 0) is 22.4 Å². The molecular weight excluding hydrogens is 596 g/mol. The Kier molecular flexibility index (Phi) is 7.65. The normalized spacial score (nSPS) is 13.3. The minimum absolute atomic E-state index is 0.121. The van der Waals surface area contributed by atoms with Gasteiger partial charge in [-0.15, -0.1) is 0 Å². The van der Waals surface area contributed by atoms with Crippen LogP contribution in [0.1, 0.15) is 34.0 Å². The minimum atomic E-state index is -5.24. The minimum Gasteiger partial charge on any atom is -0.497 e. The summed E-state index contributed by atoms with van der Waals surface area (Å²) in [4.78, 5) is 7.68. The van der Waals surface area contributed by atoms with Gasteiger partial charge in [0.2, 0.25) is 10.0 Å². The van der Waals surface area contributed by atoms with Gasteiger partial charge in [0.1, 0.15) is 5.75 Å². The fourth-order valence-corrected chi connectivity index (χ4v) is 5.90. The standard InChI is InChI=1S/C30H21F6N3O3S/c1-3-17-5-4-6-26-22(17)8-10-27(38-26)28(23-11-12-37-25-9-7-20(42-2)16-24(23)25)39-43(40,41)21-14-18(29(31,32)33)13-19(15-21)30(34,35)36/h3-16,28,39H,1H2,2H3/t28-/m0/s1. The van der Waals surface area contributed by atoms with E-state index in [-0.39, 0.29) is 29.5 Å². The van der Waals surface area contributed by atoms with E-state index in [0.29, 0.717) is 27.6 Å². The lowest BCUT2D eigenvalue weighted by Crippen LogP contribution is -2.31. The average Bonchev–Trinajstić information content (AvgIpc) is 2.97. The fourth-order valence-electron chi connectivity index (χ4n) is 4.65. The zero-order valence-electron chi connectivity index (χ0n) is 22.2. The summed E-state index contributed by atoms with van der Waals surface area (Å²) in [6.07, 6.45) is -7.48. The molecule has 0 aliphatic rings. The number of fused-ring (bicyclic) bond motifs is 2. The molecule has 3 aromatic carbocycles. The van der Waals surface area contributed by atoms with Crippen LogP contribution in [0.3, 0.4) is 0 Å². The number of aromatic nitrogens is 2. The van der Waals surface area contributed by atoms with Gasteiger partial charge in [0.15, 0.2) is 0 Å². The van der Waals surface area contributed by atoms with Crippen LogP contribution in [0, 0.1) is 0 Å². The second kappa shape index (κ2) is 11.0. The van der Waals surface area contributed by atoms with Gasteiger partial charge < -0.3 is 4.74 Å². The van der Waals surface area contributed by atoms with Gasteiger partial charge in [-0.3, -0.25) is 9.97 Å². The van der Waals surface area contributed by atoms with Crippen molar-refractivity contribution >= 4 is 37.9 Å². The Morgan fingerprint density at radius 3 is 2.19 bits per heavy atom. The Balaban J connectivity index is 1.74. The van der Waals surface area contributed by atoms with Crippen molar-refractivity contribution in [2.45, 2.75) is 23.3 Å². The maximum atomic E-state index is 13.6. The fraction of sp³-hybridized carbons (Fsp3) is 0.133. The van der Waals surface area contributed by atoms with Crippen LogP contribution in [0.5, 0.6) is 5.75 Å². The number of methoxy groups -OCH3 is 1. The van der Waals surface area contributed by atoms with Crippen LogP contribution in [0.15, 0.2) is 90.5 Å². The van der Waals surface area contributed by atoms with Crippen LogP contribution < -0.4 is 9.46 Å². The molecule has 0 aliphatic heterocycles. The molecule has 2 aromatic heterocycles. The molecule has 0 saturated carbocycles. The molecule has 0 radical (unpaired) electrons. The largest absolute Gasteiger partial charge is 0.497 e. The molecule has 1 atom stereocenters. The maximum absolute atomic E-state index is 13.6. The van der Waals surface area contributed by atoms with Gasteiger partial charge in [-0.1, -0.05) is 30.9 Å². The molecule has 0 fully saturated rings. The number of pyridine rings is 2. The SMILES string of the molecule is C=Cc1cccc2nc([C@@H](NS(=O)(=O)c3cc(C(F)(F)F)cc(C(F)(F)F)c3)c3ccnc4ccc(OC)cc34)ccc12. The summed E-state index contributed by atoms with van der Waals surface area (Å²) in [5.41, 5.74) is -1.50. The third-order valence-electron chi connectivity index (χ3n) is 6.74. The van der Waals surface area contributed by atoms with Crippen molar-refractivity contribution in [3.63, 3.8) is 0 Å². The van der Waals surface area contributed by atoms with Gasteiger partial charge in [-0.2, -0.15) is 31.1 Å². The van der Waals surface area contributed by atoms with Crippen molar-refractivity contribution in [1.29, 1.82) is 0 Å². The zero-order chi connectivity index (χ0) is 31.2. The van der Waals surface area contributed by atoms with E-state index in [4.69, 9.17) is 4.74 Å². The lowest BCUT2D eigenvalue weighted by Gasteiger charge is -2.22. The maximum Gasteiger partial charge on any atom is 0.416 e. The highest BCUT2D eigenvalue weighted by atomic mass is 32.2. The van der Waals surface area contributed by atoms with Crippen molar-refractivity contribution in [3.8, 4) is 5.75 Å². The topological polar surface area (TPSA) is 81.2 Å². The van der Waals surface area contributed by atoms with E-state index < -0.39 is 44.4 Å². The molecule has 13 heteroatoms. The molecule has 0 saturated heterocycles. The first kappa shape index (κ1) is 30.0. The van der Waals surface area contributed by atoms with E-state index in [9.17, 15) is 34.8 Å². The van der Waals surface area contributed by atoms with Crippen LogP contribution in [0.4, 0.5) is 26.3 Å². The lowest BCUT2D eigenvalue weighted by atomic mass is 9.98. The number of alkyl halides is 6. The van der Waals surface area contributed by atoms with Crippen molar-refractivity contribution < 1.29 is 39.5 Å². The average molecular weight is 618 g/mol. The second-order valence-corrected chi connectivity index (χ2v) is 11.1. The van der Waals surface area contributed by atoms with Crippen molar-refractivity contribution in [2.24, 2.45) is 0 Å². The highest BCUT2D eigenvalue weighted by molar-refractivity contribution is 7.89. The van der Waals surface area contributed by atoms with Gasteiger partial charge in [0.25, 0.3) is 0 Å². The smallest absolute Gasteiger partial charge is 0.416 e. The van der Waals surface area contributed by atoms with E-state index in [0.717, 1.165) is 5.56 Å². The number of halogens is 6. The third kappa shape index (κ3) is 6.04. The molecule has 0 bridgehead atoms. The quantitative estimate of drug-likeness (QED) is 0.191. The monoisotopic (exact) mass is 617 g/mol. The number of ether oxygens (including phenoxy) is 1. The first-order chi connectivity index (χ1) is 20.2. The Labute approximate surface area is 241 Å². The molecule has 0 aliphatic carbocycles. The van der Waals surface area contributed by atoms with Crippen LogP contribution >= 0.6 is 0 Å². The number of nitrogens with one attached hydrogen (secondary N) is 1. The highest BCUT2D eigenvalue weighted by Gasteiger charge is 2.39. The third-order valence-corrected chi connectivity index (χ3v) is 8.14. The number of hydrogen-bond donors (Lipinski definition) is 1. The number of rotatable bonds is 7. The molecule has 1 N–H and O–H groups in total. The summed E-state index contributed by atoms with van der Waals surface area (Å²) in [6, 6.07) is 13.5. The van der Waals surface area contributed by atoms with E-state index >= 15 is 0 Å². The van der Waals surface area contributed by atoms with Gasteiger partial charge in [-0.05, 0) is 65.7 Å². The van der Waals surface area contributed by atoms with Crippen molar-refractivity contribution in [1.82, 2.24) is 14.7 Å². The summed E-state index contributed by atoms with van der Waals surface area (Å²) < 4.78 is 116. The summed E-state index contributed by atoms with van der Waals surface area (Å²) in [5, 5.41) is 1.10. The zero-order valence-corrected chi connectivity index (χ0v) is 23.0. The number of hydrogen-bond acceptors (Lipinski definition) is 5. The number of nitrogens with zero attached hydrogens (tertiary/aromatic N) is 2. The molecule has 222 valence electrons. The first-order valence-electron chi connectivity index (χ1n) is 12.5. The van der Waals surface area contributed by atoms with E-state index in [1.165, 1.54) is 25.4 Å². The van der Waals surface area contributed by atoms with E-state index in [2.05, 4.69) is 21.3 Å². The Bertz CT molecular complexity index is 1940. The van der Waals surface area contributed by atoms with Gasteiger partial charge in [-0.25, -0.2) is 8.42 Å². The van der Waals surface area contributed by atoms with Gasteiger partial charge in [0, 0.05) is 17.0 Å². The van der Waals surface area contributed by atoms with E-state index in [1.807, 2.05) is 0 Å². The number of benzene rings is 3. The lowest BCUT2D eigenvalue weighted by molar-refractivity contribution is -0.143. The molecule has 5 aromatic rings. The first-order valence-corrected chi connectivity index (χ1v) is 14.0. The molecule has 2 heterocycles. The van der Waals surface area contributed by atoms with Crippen molar-refractivity contribution in [3.05, 3.63) is 114 Å². The van der Waals surface area contributed by atoms with Gasteiger partial charge >= 0.3 is 12.4 Å². The van der Waals surface area contributed by atoms with Crippen LogP contribution in [0.2, 0.25) is 0 Å². The van der Waals surface area contributed by atoms with Crippen molar-refractivity contribution in [2.75, 3.05) is 7.11 Å². The summed E-state index contributed by atoms with van der Waals surface area (Å²) in [6.45, 7) is 3.77. The Morgan fingerprint density at radius 2 is 1.56 bits per heavy atom. The van der Waals surface area contributed by atoms with E-state index in [1.54, 1.807) is 48.5 Å². The Hall–Kier alpha value is -4.49. The molecule has 0 unspecified atom stereocenters. The van der Waals surface area contributed by atoms with Gasteiger partial charge in [0.05, 0.1) is 45.9 Å². The predicted octanol–water partition coefficient (Wildman–Crippen LogP) is 7.54. The molecule has 0 spiro atoms. The van der Waals surface area contributed by atoms with Crippen LogP contribution in [0.25, 0.3) is 27.9 Å². The summed E-state index contributed by atoms with van der Waals surface area (Å²) in [7, 11) is -3.61. The highest BCUT2D eigenvalue weighted by Crippen LogP contribution is 2.38.